The highest BCUT2D eigenvalue weighted by Gasteiger charge is 2.22. The molecule has 0 saturated heterocycles. The van der Waals surface area contributed by atoms with Crippen LogP contribution in [-0.4, -0.2) is 28.5 Å². The molecule has 0 fully saturated rings. The summed E-state index contributed by atoms with van der Waals surface area (Å²) in [6.07, 6.45) is 1.27. The number of nitrogens with two attached hydrogens (primary N) is 1. The van der Waals surface area contributed by atoms with Crippen LogP contribution in [0.15, 0.2) is 42.5 Å². The predicted octanol–water partition coefficient (Wildman–Crippen LogP) is 2.34. The third kappa shape index (κ3) is 4.35. The maximum absolute atomic E-state index is 10.7. The van der Waals surface area contributed by atoms with E-state index in [2.05, 4.69) is 0 Å². The standard InChI is InChI=1S/C20H27NO3/c1-2-14-11-17(7-8-19(14)23)20(24)18(13-22)12-16-6-4-3-5-15(16)9-10-21/h3-8,11,18,20,22-24H,2,9-10,12-13,21H2,1H3/t18-,20-/m1/s1. The molecule has 130 valence electrons. The molecular weight excluding hydrogens is 302 g/mol. The average molecular weight is 329 g/mol. The van der Waals surface area contributed by atoms with E-state index in [0.717, 1.165) is 28.7 Å². The Bertz CT molecular complexity index is 657. The quantitative estimate of drug-likeness (QED) is 0.599. The van der Waals surface area contributed by atoms with Crippen molar-refractivity contribution in [3.8, 4) is 5.75 Å². The van der Waals surface area contributed by atoms with Gasteiger partial charge in [-0.2, -0.15) is 0 Å². The molecular formula is C20H27NO3. The Morgan fingerprint density at radius 3 is 2.38 bits per heavy atom. The molecule has 0 aliphatic heterocycles. The highest BCUT2D eigenvalue weighted by molar-refractivity contribution is 5.37. The summed E-state index contributed by atoms with van der Waals surface area (Å²) in [5, 5.41) is 30.3. The third-order valence-corrected chi connectivity index (χ3v) is 4.52. The maximum atomic E-state index is 10.7. The Hall–Kier alpha value is -1.88. The Labute approximate surface area is 143 Å². The molecule has 0 bridgehead atoms. The molecule has 2 aromatic rings. The fraction of sp³-hybridized carbons (Fsp3) is 0.400. The van der Waals surface area contributed by atoms with Gasteiger partial charge in [-0.15, -0.1) is 0 Å². The van der Waals surface area contributed by atoms with E-state index < -0.39 is 6.10 Å². The largest absolute Gasteiger partial charge is 0.508 e. The minimum Gasteiger partial charge on any atom is -0.508 e. The summed E-state index contributed by atoms with van der Waals surface area (Å²) in [7, 11) is 0. The molecule has 0 radical (unpaired) electrons. The van der Waals surface area contributed by atoms with Crippen molar-refractivity contribution >= 4 is 0 Å². The first-order valence-electron chi connectivity index (χ1n) is 8.48. The van der Waals surface area contributed by atoms with Gasteiger partial charge in [0.25, 0.3) is 0 Å². The van der Waals surface area contributed by atoms with E-state index in [9.17, 15) is 15.3 Å². The van der Waals surface area contributed by atoms with Gasteiger partial charge >= 0.3 is 0 Å². The van der Waals surface area contributed by atoms with Crippen LogP contribution in [0.3, 0.4) is 0 Å². The summed E-state index contributed by atoms with van der Waals surface area (Å²) in [4.78, 5) is 0. The van der Waals surface area contributed by atoms with Gasteiger partial charge in [-0.1, -0.05) is 37.3 Å². The van der Waals surface area contributed by atoms with Crippen LogP contribution in [-0.2, 0) is 19.3 Å². The number of rotatable bonds is 8. The van der Waals surface area contributed by atoms with Crippen LogP contribution in [0.25, 0.3) is 0 Å². The molecule has 0 aliphatic carbocycles. The van der Waals surface area contributed by atoms with Crippen LogP contribution in [0.2, 0.25) is 0 Å². The summed E-state index contributed by atoms with van der Waals surface area (Å²) in [5.41, 5.74) is 9.45. The fourth-order valence-corrected chi connectivity index (χ4v) is 3.06. The van der Waals surface area contributed by atoms with Gasteiger partial charge in [0, 0.05) is 12.5 Å². The molecule has 0 aliphatic rings. The number of phenolic OH excluding ortho intramolecular Hbond substituents is 1. The van der Waals surface area contributed by atoms with E-state index in [1.54, 1.807) is 12.1 Å². The molecule has 0 amide bonds. The van der Waals surface area contributed by atoms with Crippen molar-refractivity contribution < 1.29 is 15.3 Å². The number of phenols is 1. The Kier molecular flexibility index (Phi) is 6.79. The van der Waals surface area contributed by atoms with E-state index in [1.807, 2.05) is 37.3 Å². The lowest BCUT2D eigenvalue weighted by molar-refractivity contribution is 0.0667. The van der Waals surface area contributed by atoms with E-state index >= 15 is 0 Å². The minimum atomic E-state index is -0.785. The number of aromatic hydroxyl groups is 1. The third-order valence-electron chi connectivity index (χ3n) is 4.52. The molecule has 0 saturated carbocycles. The van der Waals surface area contributed by atoms with Gasteiger partial charge < -0.3 is 21.1 Å². The van der Waals surface area contributed by atoms with Gasteiger partial charge in [-0.25, -0.2) is 0 Å². The molecule has 0 aromatic heterocycles. The number of aliphatic hydroxyl groups excluding tert-OH is 2. The van der Waals surface area contributed by atoms with Gasteiger partial charge in [0.1, 0.15) is 5.75 Å². The molecule has 2 atom stereocenters. The number of hydrogen-bond donors (Lipinski definition) is 4. The highest BCUT2D eigenvalue weighted by atomic mass is 16.3. The normalized spacial score (nSPS) is 13.7. The van der Waals surface area contributed by atoms with Crippen molar-refractivity contribution in [3.05, 3.63) is 64.7 Å². The number of aryl methyl sites for hydroxylation is 1. The lowest BCUT2D eigenvalue weighted by atomic mass is 9.87. The summed E-state index contributed by atoms with van der Waals surface area (Å²) >= 11 is 0. The van der Waals surface area contributed by atoms with Gasteiger partial charge in [-0.05, 0) is 60.2 Å². The van der Waals surface area contributed by atoms with Crippen molar-refractivity contribution in [2.75, 3.05) is 13.2 Å². The fourth-order valence-electron chi connectivity index (χ4n) is 3.06. The molecule has 0 unspecified atom stereocenters. The summed E-state index contributed by atoms with van der Waals surface area (Å²) < 4.78 is 0. The van der Waals surface area contributed by atoms with Crippen LogP contribution < -0.4 is 5.73 Å². The number of aliphatic hydroxyl groups is 2. The van der Waals surface area contributed by atoms with E-state index in [0.29, 0.717) is 19.4 Å². The summed E-state index contributed by atoms with van der Waals surface area (Å²) in [6, 6.07) is 13.1. The number of hydrogen-bond acceptors (Lipinski definition) is 4. The van der Waals surface area contributed by atoms with Crippen molar-refractivity contribution in [3.63, 3.8) is 0 Å². The lowest BCUT2D eigenvalue weighted by Gasteiger charge is -2.23. The monoisotopic (exact) mass is 329 g/mol. The zero-order valence-electron chi connectivity index (χ0n) is 14.2. The Morgan fingerprint density at radius 2 is 1.75 bits per heavy atom. The predicted molar refractivity (Wildman–Crippen MR) is 95.9 cm³/mol. The first kappa shape index (κ1) is 18.5. The molecule has 5 N–H and O–H groups in total. The van der Waals surface area contributed by atoms with E-state index in [1.165, 1.54) is 0 Å². The highest BCUT2D eigenvalue weighted by Crippen LogP contribution is 2.29. The first-order chi connectivity index (χ1) is 11.6. The van der Waals surface area contributed by atoms with Crippen molar-refractivity contribution in [1.29, 1.82) is 0 Å². The second-order valence-electron chi connectivity index (χ2n) is 6.14. The Balaban J connectivity index is 2.22. The van der Waals surface area contributed by atoms with Crippen LogP contribution >= 0.6 is 0 Å². The van der Waals surface area contributed by atoms with Crippen LogP contribution in [0.4, 0.5) is 0 Å². The molecule has 0 spiro atoms. The number of benzene rings is 2. The smallest absolute Gasteiger partial charge is 0.118 e. The molecule has 4 heteroatoms. The second kappa shape index (κ2) is 8.83. The molecule has 2 rings (SSSR count). The van der Waals surface area contributed by atoms with Crippen molar-refractivity contribution in [2.45, 2.75) is 32.3 Å². The van der Waals surface area contributed by atoms with Crippen LogP contribution in [0.1, 0.15) is 35.3 Å². The van der Waals surface area contributed by atoms with Gasteiger partial charge in [0.05, 0.1) is 6.10 Å². The lowest BCUT2D eigenvalue weighted by Crippen LogP contribution is -2.20. The average Bonchev–Trinajstić information content (AvgIpc) is 2.61. The molecule has 4 nitrogen and oxygen atoms in total. The second-order valence-corrected chi connectivity index (χ2v) is 6.14. The summed E-state index contributed by atoms with van der Waals surface area (Å²) in [6.45, 7) is 2.42. The van der Waals surface area contributed by atoms with Crippen molar-refractivity contribution in [1.82, 2.24) is 0 Å². The zero-order valence-corrected chi connectivity index (χ0v) is 14.2. The Morgan fingerprint density at radius 1 is 1.04 bits per heavy atom. The van der Waals surface area contributed by atoms with E-state index in [-0.39, 0.29) is 18.3 Å². The molecule has 2 aromatic carbocycles. The van der Waals surface area contributed by atoms with E-state index in [4.69, 9.17) is 5.73 Å². The van der Waals surface area contributed by atoms with Crippen LogP contribution in [0.5, 0.6) is 5.75 Å². The zero-order chi connectivity index (χ0) is 17.5. The van der Waals surface area contributed by atoms with Gasteiger partial charge in [0.15, 0.2) is 0 Å². The topological polar surface area (TPSA) is 86.7 Å². The first-order valence-corrected chi connectivity index (χ1v) is 8.48. The molecule has 24 heavy (non-hydrogen) atoms. The van der Waals surface area contributed by atoms with Crippen molar-refractivity contribution in [2.24, 2.45) is 11.7 Å². The molecule has 0 heterocycles. The SMILES string of the molecule is CCc1cc([C@@H](O)[C@@H](CO)Cc2ccccc2CCN)ccc1O. The minimum absolute atomic E-state index is 0.111. The maximum Gasteiger partial charge on any atom is 0.118 e. The van der Waals surface area contributed by atoms with Crippen LogP contribution in [0, 0.1) is 5.92 Å². The van der Waals surface area contributed by atoms with Gasteiger partial charge in [-0.3, -0.25) is 0 Å². The van der Waals surface area contributed by atoms with Gasteiger partial charge in [0.2, 0.25) is 0 Å². The summed E-state index contributed by atoms with van der Waals surface area (Å²) in [5.74, 6) is -0.0690.